The van der Waals surface area contributed by atoms with Gasteiger partial charge in [0.25, 0.3) is 0 Å². The van der Waals surface area contributed by atoms with Crippen LogP contribution in [0.25, 0.3) is 11.0 Å². The van der Waals surface area contributed by atoms with Crippen LogP contribution in [0.4, 0.5) is 23.2 Å². The fourth-order valence-electron chi connectivity index (χ4n) is 3.72. The predicted octanol–water partition coefficient (Wildman–Crippen LogP) is 3.75. The van der Waals surface area contributed by atoms with Gasteiger partial charge in [-0.2, -0.15) is 13.2 Å². The number of piperazine rings is 1. The van der Waals surface area contributed by atoms with E-state index in [1.165, 1.54) is 6.07 Å². The van der Waals surface area contributed by atoms with Crippen molar-refractivity contribution in [3.8, 4) is 0 Å². The maximum atomic E-state index is 13.7. The van der Waals surface area contributed by atoms with E-state index < -0.39 is 17.6 Å². The molecule has 4 rings (SSSR count). The van der Waals surface area contributed by atoms with Crippen LogP contribution >= 0.6 is 0 Å². The molecule has 0 spiro atoms. The van der Waals surface area contributed by atoms with Crippen LogP contribution in [0, 0.1) is 5.82 Å². The molecule has 28 heavy (non-hydrogen) atoms. The summed E-state index contributed by atoms with van der Waals surface area (Å²) in [6.07, 6.45) is -2.47. The Balaban J connectivity index is 1.52. The van der Waals surface area contributed by atoms with Gasteiger partial charge in [-0.15, -0.1) is 0 Å². The highest BCUT2D eigenvalue weighted by molar-refractivity contribution is 5.79. The molecule has 2 aromatic carbocycles. The zero-order valence-electron chi connectivity index (χ0n) is 15.3. The molecule has 1 N–H and O–H groups in total. The molecule has 1 saturated heterocycles. The maximum Gasteiger partial charge on any atom is 0.416 e. The van der Waals surface area contributed by atoms with E-state index in [0.717, 1.165) is 29.3 Å². The number of imidazole rings is 1. The van der Waals surface area contributed by atoms with Crippen molar-refractivity contribution in [1.82, 2.24) is 14.9 Å². The Hall–Kier alpha value is -2.61. The number of rotatable bonds is 3. The molecule has 0 unspecified atom stereocenters. The molecule has 3 aromatic rings. The number of anilines is 1. The molecule has 4 nitrogen and oxygen atoms in total. The summed E-state index contributed by atoms with van der Waals surface area (Å²) in [4.78, 5) is 6.51. The van der Waals surface area contributed by atoms with Crippen molar-refractivity contribution in [3.05, 3.63) is 59.7 Å². The van der Waals surface area contributed by atoms with Crippen molar-refractivity contribution in [1.29, 1.82) is 0 Å². The molecule has 0 saturated carbocycles. The molecule has 1 fully saturated rings. The first-order valence-electron chi connectivity index (χ1n) is 9.06. The van der Waals surface area contributed by atoms with Crippen LogP contribution in [0.5, 0.6) is 0 Å². The number of halogens is 4. The molecular formula is C20H20F4N4. The van der Waals surface area contributed by atoms with Gasteiger partial charge in [-0.25, -0.2) is 9.37 Å². The van der Waals surface area contributed by atoms with E-state index in [0.29, 0.717) is 31.1 Å². The van der Waals surface area contributed by atoms with Crippen molar-refractivity contribution >= 4 is 16.7 Å². The van der Waals surface area contributed by atoms with Gasteiger partial charge in [-0.1, -0.05) is 0 Å². The van der Waals surface area contributed by atoms with Crippen molar-refractivity contribution < 1.29 is 17.6 Å². The average molecular weight is 392 g/mol. The second-order valence-corrected chi connectivity index (χ2v) is 7.18. The molecule has 1 aliphatic rings. The minimum atomic E-state index is -4.55. The minimum absolute atomic E-state index is 0.0705. The number of nitrogens with one attached hydrogen (secondary N) is 1. The topological polar surface area (TPSA) is 33.1 Å². The molecule has 1 aromatic heterocycles. The molecule has 1 atom stereocenters. The van der Waals surface area contributed by atoms with Crippen LogP contribution in [-0.2, 0) is 19.6 Å². The zero-order chi connectivity index (χ0) is 19.9. The Morgan fingerprint density at radius 1 is 1.18 bits per heavy atom. The Morgan fingerprint density at radius 2 is 2.00 bits per heavy atom. The van der Waals surface area contributed by atoms with Crippen LogP contribution in [-0.4, -0.2) is 35.2 Å². The summed E-state index contributed by atoms with van der Waals surface area (Å²) >= 11 is 0. The fraction of sp³-hybridized carbons (Fsp3) is 0.350. The van der Waals surface area contributed by atoms with E-state index >= 15 is 0 Å². The van der Waals surface area contributed by atoms with Crippen LogP contribution in [0.2, 0.25) is 0 Å². The number of hydrogen-bond acceptors (Lipinski definition) is 3. The first-order valence-corrected chi connectivity index (χ1v) is 9.06. The van der Waals surface area contributed by atoms with Gasteiger partial charge in [0.15, 0.2) is 0 Å². The largest absolute Gasteiger partial charge is 0.416 e. The molecule has 8 heteroatoms. The number of hydrogen-bond donors (Lipinski definition) is 1. The predicted molar refractivity (Wildman–Crippen MR) is 99.8 cm³/mol. The molecule has 1 aliphatic heterocycles. The first kappa shape index (κ1) is 18.7. The van der Waals surface area contributed by atoms with Crippen molar-refractivity contribution in [3.63, 3.8) is 0 Å². The lowest BCUT2D eigenvalue weighted by atomic mass is 10.0. The van der Waals surface area contributed by atoms with Crippen molar-refractivity contribution in [2.75, 3.05) is 24.5 Å². The van der Waals surface area contributed by atoms with Gasteiger partial charge >= 0.3 is 6.18 Å². The van der Waals surface area contributed by atoms with Gasteiger partial charge in [0.05, 0.1) is 22.9 Å². The zero-order valence-corrected chi connectivity index (χ0v) is 15.3. The SMILES string of the molecule is Cn1cnc2ccc(N3CCN[C@H](Cc4cc(F)cc(C(F)(F)F)c4)C3)cc21. The maximum absolute atomic E-state index is 13.7. The summed E-state index contributed by atoms with van der Waals surface area (Å²) in [7, 11) is 1.93. The van der Waals surface area contributed by atoms with Gasteiger partial charge in [0.1, 0.15) is 5.82 Å². The number of aryl methyl sites for hydroxylation is 1. The Kier molecular flexibility index (Phi) is 4.74. The normalized spacial score (nSPS) is 18.0. The van der Waals surface area contributed by atoms with Gasteiger partial charge in [0.2, 0.25) is 0 Å². The average Bonchev–Trinajstić information content (AvgIpc) is 3.01. The van der Waals surface area contributed by atoms with Crippen molar-refractivity contribution in [2.24, 2.45) is 7.05 Å². The molecule has 148 valence electrons. The van der Waals surface area contributed by atoms with Gasteiger partial charge in [-0.05, 0) is 48.4 Å². The smallest absolute Gasteiger partial charge is 0.369 e. The number of aromatic nitrogens is 2. The molecule has 0 bridgehead atoms. The fourth-order valence-corrected chi connectivity index (χ4v) is 3.72. The summed E-state index contributed by atoms with van der Waals surface area (Å²) < 4.78 is 54.5. The third kappa shape index (κ3) is 3.82. The Morgan fingerprint density at radius 3 is 2.79 bits per heavy atom. The van der Waals surface area contributed by atoms with Crippen LogP contribution in [0.1, 0.15) is 11.1 Å². The summed E-state index contributed by atoms with van der Waals surface area (Å²) in [6, 6.07) is 8.70. The molecule has 0 aliphatic carbocycles. The number of nitrogens with zero attached hydrogens (tertiary/aromatic N) is 3. The van der Waals surface area contributed by atoms with Gasteiger partial charge < -0.3 is 14.8 Å². The third-order valence-electron chi connectivity index (χ3n) is 5.10. The minimum Gasteiger partial charge on any atom is -0.369 e. The molecule has 0 radical (unpaired) electrons. The highest BCUT2D eigenvalue weighted by Crippen LogP contribution is 2.31. The summed E-state index contributed by atoms with van der Waals surface area (Å²) in [5, 5.41) is 3.33. The van der Waals surface area contributed by atoms with E-state index in [4.69, 9.17) is 0 Å². The highest BCUT2D eigenvalue weighted by atomic mass is 19.4. The molecule has 0 amide bonds. The lowest BCUT2D eigenvalue weighted by molar-refractivity contribution is -0.137. The molecule has 2 heterocycles. The summed E-state index contributed by atoms with van der Waals surface area (Å²) in [6.45, 7) is 2.12. The van der Waals surface area contributed by atoms with Crippen LogP contribution in [0.3, 0.4) is 0 Å². The lowest BCUT2D eigenvalue weighted by Crippen LogP contribution is -2.51. The van der Waals surface area contributed by atoms with Gasteiger partial charge in [0, 0.05) is 38.4 Å². The van der Waals surface area contributed by atoms with E-state index in [1.807, 2.05) is 23.7 Å². The quantitative estimate of drug-likeness (QED) is 0.690. The summed E-state index contributed by atoms with van der Waals surface area (Å²) in [5.74, 6) is -0.862. The standard InChI is InChI=1S/C20H20F4N4/c1-27-12-26-18-3-2-17(10-19(18)27)28-5-4-25-16(11-28)8-13-6-14(20(22,23)24)9-15(21)7-13/h2-3,6-7,9-10,12,16,25H,4-5,8,11H2,1H3/t16-/m1/s1. The second-order valence-electron chi connectivity index (χ2n) is 7.18. The van der Waals surface area contributed by atoms with E-state index in [2.05, 4.69) is 21.3 Å². The summed E-state index contributed by atoms with van der Waals surface area (Å²) in [5.41, 5.74) is 2.37. The van der Waals surface area contributed by atoms with Crippen LogP contribution < -0.4 is 10.2 Å². The first-order chi connectivity index (χ1) is 13.3. The number of benzene rings is 2. The van der Waals surface area contributed by atoms with E-state index in [9.17, 15) is 17.6 Å². The lowest BCUT2D eigenvalue weighted by Gasteiger charge is -2.35. The second kappa shape index (κ2) is 7.09. The Labute approximate surface area is 159 Å². The number of fused-ring (bicyclic) bond motifs is 1. The molecular weight excluding hydrogens is 372 g/mol. The Bertz CT molecular complexity index is 996. The van der Waals surface area contributed by atoms with E-state index in [-0.39, 0.29) is 6.04 Å². The van der Waals surface area contributed by atoms with Gasteiger partial charge in [-0.3, -0.25) is 0 Å². The third-order valence-corrected chi connectivity index (χ3v) is 5.10. The van der Waals surface area contributed by atoms with E-state index in [1.54, 1.807) is 6.33 Å². The highest BCUT2D eigenvalue weighted by Gasteiger charge is 2.31. The monoisotopic (exact) mass is 392 g/mol. The van der Waals surface area contributed by atoms with Crippen molar-refractivity contribution in [2.45, 2.75) is 18.6 Å². The number of alkyl halides is 3. The van der Waals surface area contributed by atoms with Crippen LogP contribution in [0.15, 0.2) is 42.7 Å².